The van der Waals surface area contributed by atoms with Crippen LogP contribution in [0, 0.1) is 5.82 Å². The molecule has 0 radical (unpaired) electrons. The lowest BCUT2D eigenvalue weighted by atomic mass is 9.85. The molecule has 0 N–H and O–H groups in total. The molecule has 1 aliphatic rings. The monoisotopic (exact) mass is 505 g/mol. The summed E-state index contributed by atoms with van der Waals surface area (Å²) in [6.07, 6.45) is -5.46. The highest BCUT2D eigenvalue weighted by Gasteiger charge is 2.62. The minimum atomic E-state index is -4.85. The van der Waals surface area contributed by atoms with E-state index in [1.807, 2.05) is 12.1 Å². The fourth-order valence-corrected chi connectivity index (χ4v) is 4.32. The van der Waals surface area contributed by atoms with Crippen LogP contribution in [0.25, 0.3) is 10.8 Å². The van der Waals surface area contributed by atoms with Gasteiger partial charge in [-0.25, -0.2) is 4.39 Å². The van der Waals surface area contributed by atoms with Crippen LogP contribution in [0.2, 0.25) is 10.0 Å². The molecule has 150 valence electrons. The second kappa shape index (κ2) is 7.15. The fourth-order valence-electron chi connectivity index (χ4n) is 3.35. The molecular weight excluding hydrogens is 497 g/mol. The zero-order chi connectivity index (χ0) is 21.0. The first-order chi connectivity index (χ1) is 13.6. The third-order valence-corrected chi connectivity index (χ3v) is 6.06. The molecule has 0 bridgehead atoms. The van der Waals surface area contributed by atoms with E-state index in [1.54, 1.807) is 24.3 Å². The van der Waals surface area contributed by atoms with E-state index in [-0.39, 0.29) is 5.71 Å². The normalized spacial score (nSPS) is 19.3. The molecule has 1 unspecified atom stereocenters. The number of rotatable bonds is 2. The predicted octanol–water partition coefficient (Wildman–Crippen LogP) is 7.63. The topological polar surface area (TPSA) is 21.6 Å². The van der Waals surface area contributed by atoms with Gasteiger partial charge in [-0.05, 0) is 29.0 Å². The Labute approximate surface area is 181 Å². The van der Waals surface area contributed by atoms with E-state index >= 15 is 0 Å². The van der Waals surface area contributed by atoms with Crippen molar-refractivity contribution in [2.75, 3.05) is 0 Å². The lowest BCUT2D eigenvalue weighted by molar-refractivity contribution is -0.275. The second-order valence-electron chi connectivity index (χ2n) is 6.53. The first-order valence-corrected chi connectivity index (χ1v) is 9.83. The number of fused-ring (bicyclic) bond motifs is 1. The van der Waals surface area contributed by atoms with Gasteiger partial charge in [0.05, 0.1) is 15.8 Å². The van der Waals surface area contributed by atoms with Gasteiger partial charge in [0.25, 0.3) is 5.60 Å². The van der Waals surface area contributed by atoms with Crippen LogP contribution in [0.5, 0.6) is 0 Å². The Hall–Kier alpha value is -1.83. The number of oxime groups is 1. The van der Waals surface area contributed by atoms with Crippen molar-refractivity contribution in [1.82, 2.24) is 0 Å². The molecule has 0 saturated heterocycles. The summed E-state index contributed by atoms with van der Waals surface area (Å²) < 4.78 is 57.0. The van der Waals surface area contributed by atoms with Crippen molar-refractivity contribution in [3.05, 3.63) is 80.0 Å². The SMILES string of the molecule is Fc1c(Cl)cc(C2(C(F)(F)F)CC(c3ccc(Br)c4ccccc34)=NO2)cc1Cl. The van der Waals surface area contributed by atoms with Crippen LogP contribution in [-0.4, -0.2) is 11.9 Å². The van der Waals surface area contributed by atoms with Crippen molar-refractivity contribution in [3.63, 3.8) is 0 Å². The van der Waals surface area contributed by atoms with Crippen LogP contribution in [0.15, 0.2) is 58.2 Å². The maximum absolute atomic E-state index is 14.1. The Morgan fingerprint density at radius 3 is 2.24 bits per heavy atom. The third kappa shape index (κ3) is 3.29. The summed E-state index contributed by atoms with van der Waals surface area (Å²) in [6.45, 7) is 0. The van der Waals surface area contributed by atoms with Crippen LogP contribution in [0.3, 0.4) is 0 Å². The molecule has 1 aliphatic heterocycles. The maximum atomic E-state index is 14.1. The van der Waals surface area contributed by atoms with E-state index in [2.05, 4.69) is 21.1 Å². The number of benzene rings is 3. The van der Waals surface area contributed by atoms with Gasteiger partial charge in [0, 0.05) is 22.0 Å². The van der Waals surface area contributed by atoms with Gasteiger partial charge in [0.2, 0.25) is 0 Å². The molecule has 0 aliphatic carbocycles. The maximum Gasteiger partial charge on any atom is 0.435 e. The summed E-state index contributed by atoms with van der Waals surface area (Å²) >= 11 is 14.9. The number of hydrogen-bond donors (Lipinski definition) is 0. The lowest BCUT2D eigenvalue weighted by Crippen LogP contribution is -2.42. The molecule has 0 saturated carbocycles. The zero-order valence-electron chi connectivity index (χ0n) is 14.3. The lowest BCUT2D eigenvalue weighted by Gasteiger charge is -2.29. The quantitative estimate of drug-likeness (QED) is 0.258. The predicted molar refractivity (Wildman–Crippen MR) is 108 cm³/mol. The van der Waals surface area contributed by atoms with Crippen molar-refractivity contribution in [3.8, 4) is 0 Å². The average molecular weight is 507 g/mol. The van der Waals surface area contributed by atoms with E-state index in [1.165, 1.54) is 0 Å². The van der Waals surface area contributed by atoms with E-state index in [0.717, 1.165) is 27.4 Å². The van der Waals surface area contributed by atoms with Gasteiger partial charge in [-0.2, -0.15) is 13.2 Å². The number of hydrogen-bond acceptors (Lipinski definition) is 2. The van der Waals surface area contributed by atoms with E-state index < -0.39 is 39.6 Å². The van der Waals surface area contributed by atoms with Crippen LogP contribution in [0.1, 0.15) is 17.5 Å². The average Bonchev–Trinajstić information content (AvgIpc) is 3.13. The molecule has 0 amide bonds. The number of halogens is 7. The minimum absolute atomic E-state index is 0.114. The van der Waals surface area contributed by atoms with Crippen LogP contribution < -0.4 is 0 Å². The molecule has 1 heterocycles. The molecule has 4 rings (SSSR count). The Morgan fingerprint density at radius 2 is 1.62 bits per heavy atom. The summed E-state index contributed by atoms with van der Waals surface area (Å²) in [6, 6.07) is 12.4. The molecule has 0 fully saturated rings. The van der Waals surface area contributed by atoms with E-state index in [4.69, 9.17) is 28.0 Å². The molecule has 2 nitrogen and oxygen atoms in total. The molecule has 1 atom stereocenters. The fraction of sp³-hybridized carbons (Fsp3) is 0.150. The summed E-state index contributed by atoms with van der Waals surface area (Å²) in [5, 5.41) is 4.26. The first kappa shape index (κ1) is 20.4. The standard InChI is InChI=1S/C20H10BrCl2F4NO/c21-14-6-5-13(11-3-1-2-4-12(11)14)17-9-19(29-28-17,20(25,26)27)10-7-15(22)18(24)16(23)8-10/h1-8H,9H2. The number of nitrogens with zero attached hydrogens (tertiary/aromatic N) is 1. The van der Waals surface area contributed by atoms with Gasteiger partial charge in [-0.3, -0.25) is 0 Å². The highest BCUT2D eigenvalue weighted by Crippen LogP contribution is 2.50. The molecular formula is C20H10BrCl2F4NO. The Balaban J connectivity index is 1.84. The van der Waals surface area contributed by atoms with E-state index in [9.17, 15) is 17.6 Å². The molecule has 3 aromatic carbocycles. The second-order valence-corrected chi connectivity index (χ2v) is 8.19. The molecule has 0 spiro atoms. The smallest absolute Gasteiger partial charge is 0.374 e. The molecule has 3 aromatic rings. The van der Waals surface area contributed by atoms with Gasteiger partial charge in [0.15, 0.2) is 5.82 Å². The Bertz CT molecular complexity index is 1140. The third-order valence-electron chi connectivity index (χ3n) is 4.82. The highest BCUT2D eigenvalue weighted by molar-refractivity contribution is 9.10. The molecule has 9 heteroatoms. The Morgan fingerprint density at radius 1 is 1.00 bits per heavy atom. The van der Waals surface area contributed by atoms with Gasteiger partial charge >= 0.3 is 6.18 Å². The van der Waals surface area contributed by atoms with Crippen LogP contribution in [0.4, 0.5) is 17.6 Å². The van der Waals surface area contributed by atoms with Crippen molar-refractivity contribution >= 4 is 55.6 Å². The van der Waals surface area contributed by atoms with Gasteiger partial charge in [0.1, 0.15) is 0 Å². The van der Waals surface area contributed by atoms with Crippen LogP contribution >= 0.6 is 39.1 Å². The van der Waals surface area contributed by atoms with E-state index in [0.29, 0.717) is 5.56 Å². The molecule has 0 aromatic heterocycles. The van der Waals surface area contributed by atoms with Crippen molar-refractivity contribution < 1.29 is 22.4 Å². The van der Waals surface area contributed by atoms with Crippen LogP contribution in [-0.2, 0) is 10.4 Å². The van der Waals surface area contributed by atoms with Gasteiger partial charge in [-0.1, -0.05) is 74.6 Å². The summed E-state index contributed by atoms with van der Waals surface area (Å²) in [5.74, 6) is -0.993. The molecule has 29 heavy (non-hydrogen) atoms. The minimum Gasteiger partial charge on any atom is -0.374 e. The largest absolute Gasteiger partial charge is 0.435 e. The summed E-state index contributed by atoms with van der Waals surface area (Å²) in [5.41, 5.74) is -2.62. The first-order valence-electron chi connectivity index (χ1n) is 8.28. The summed E-state index contributed by atoms with van der Waals surface area (Å²) in [7, 11) is 0. The Kier molecular flexibility index (Phi) is 5.04. The van der Waals surface area contributed by atoms with Crippen molar-refractivity contribution in [1.29, 1.82) is 0 Å². The zero-order valence-corrected chi connectivity index (χ0v) is 17.4. The van der Waals surface area contributed by atoms with Gasteiger partial charge in [-0.15, -0.1) is 0 Å². The summed E-state index contributed by atoms with van der Waals surface area (Å²) in [4.78, 5) is 5.00. The highest BCUT2D eigenvalue weighted by atomic mass is 79.9. The number of alkyl halides is 3. The van der Waals surface area contributed by atoms with Gasteiger partial charge < -0.3 is 4.84 Å². The van der Waals surface area contributed by atoms with Crippen molar-refractivity contribution in [2.24, 2.45) is 5.16 Å². The van der Waals surface area contributed by atoms with Crippen molar-refractivity contribution in [2.45, 2.75) is 18.2 Å².